The second kappa shape index (κ2) is 21.4. The summed E-state index contributed by atoms with van der Waals surface area (Å²) in [7, 11) is 0. The van der Waals surface area contributed by atoms with Gasteiger partial charge < -0.3 is 9.47 Å². The molecule has 1 fully saturated rings. The van der Waals surface area contributed by atoms with E-state index in [1.807, 2.05) is 0 Å². The third-order valence-electron chi connectivity index (χ3n) is 7.27. The van der Waals surface area contributed by atoms with Gasteiger partial charge >= 0.3 is 11.9 Å². The molecule has 1 rings (SSSR count). The standard InChI is InChI=1S/C31H54O5/c1-4-7-10-13-15-18-21-35-29(32)24-27-23-26(20-17-12-9-6-3)28(31(27)34)25-30(33)36-22-19-16-14-11-8-5-2/h17,20,26-28H,4-16,18-19,21-25H2,1-3H3. The van der Waals surface area contributed by atoms with Crippen molar-refractivity contribution < 1.29 is 23.9 Å². The molecule has 0 amide bonds. The van der Waals surface area contributed by atoms with Crippen molar-refractivity contribution in [1.82, 2.24) is 0 Å². The van der Waals surface area contributed by atoms with Crippen LogP contribution in [0.4, 0.5) is 0 Å². The number of carbonyl (C=O) groups excluding carboxylic acids is 3. The third kappa shape index (κ3) is 14.8. The van der Waals surface area contributed by atoms with E-state index in [9.17, 15) is 14.4 Å². The molecule has 5 nitrogen and oxygen atoms in total. The lowest BCUT2D eigenvalue weighted by Crippen LogP contribution is -2.23. The van der Waals surface area contributed by atoms with Crippen LogP contribution in [-0.4, -0.2) is 30.9 Å². The van der Waals surface area contributed by atoms with Crippen LogP contribution < -0.4 is 0 Å². The zero-order valence-electron chi connectivity index (χ0n) is 23.6. The quantitative estimate of drug-likeness (QED) is 0.0842. The summed E-state index contributed by atoms with van der Waals surface area (Å²) in [6.07, 6.45) is 21.9. The molecule has 0 saturated heterocycles. The number of ketones is 1. The van der Waals surface area contributed by atoms with Crippen LogP contribution in [0.25, 0.3) is 0 Å². The minimum Gasteiger partial charge on any atom is -0.466 e. The number of rotatable bonds is 22. The number of allylic oxidation sites excluding steroid dienone is 2. The molecule has 0 radical (unpaired) electrons. The smallest absolute Gasteiger partial charge is 0.306 e. The highest BCUT2D eigenvalue weighted by atomic mass is 16.5. The summed E-state index contributed by atoms with van der Waals surface area (Å²) < 4.78 is 10.9. The van der Waals surface area contributed by atoms with Crippen LogP contribution in [0.2, 0.25) is 0 Å². The SMILES string of the molecule is CCCCC=CC1CC(CC(=O)OCCCCCCCC)C(=O)C1CC(=O)OCCCCCCCC. The summed E-state index contributed by atoms with van der Waals surface area (Å²) in [5.74, 6) is -1.32. The van der Waals surface area contributed by atoms with Gasteiger partial charge in [-0.1, -0.05) is 110 Å². The van der Waals surface area contributed by atoms with Gasteiger partial charge in [0.15, 0.2) is 0 Å². The van der Waals surface area contributed by atoms with Crippen molar-refractivity contribution in [3.05, 3.63) is 12.2 Å². The fourth-order valence-electron chi connectivity index (χ4n) is 5.00. The highest BCUT2D eigenvalue weighted by Gasteiger charge is 2.43. The highest BCUT2D eigenvalue weighted by molar-refractivity contribution is 5.92. The average Bonchev–Trinajstić information content (AvgIpc) is 3.14. The van der Waals surface area contributed by atoms with Gasteiger partial charge in [-0.15, -0.1) is 0 Å². The first kappa shape index (κ1) is 32.4. The van der Waals surface area contributed by atoms with Gasteiger partial charge in [-0.3, -0.25) is 14.4 Å². The molecule has 1 aliphatic carbocycles. The molecule has 0 aromatic rings. The van der Waals surface area contributed by atoms with Crippen molar-refractivity contribution in [2.45, 2.75) is 136 Å². The van der Waals surface area contributed by atoms with E-state index in [4.69, 9.17) is 9.47 Å². The lowest BCUT2D eigenvalue weighted by atomic mass is 9.91. The average molecular weight is 507 g/mol. The minimum absolute atomic E-state index is 0.00712. The van der Waals surface area contributed by atoms with E-state index in [0.29, 0.717) is 19.6 Å². The maximum atomic E-state index is 13.2. The zero-order valence-corrected chi connectivity index (χ0v) is 23.6. The highest BCUT2D eigenvalue weighted by Crippen LogP contribution is 2.38. The number of hydrogen-bond donors (Lipinski definition) is 0. The predicted octanol–water partition coefficient (Wildman–Crippen LogP) is 8.14. The van der Waals surface area contributed by atoms with Gasteiger partial charge in [0.05, 0.1) is 26.1 Å². The van der Waals surface area contributed by atoms with Gasteiger partial charge in [0.25, 0.3) is 0 Å². The molecule has 208 valence electrons. The number of carbonyl (C=O) groups is 3. The van der Waals surface area contributed by atoms with Crippen LogP contribution in [0.3, 0.4) is 0 Å². The van der Waals surface area contributed by atoms with Crippen LogP contribution in [-0.2, 0) is 23.9 Å². The Kier molecular flexibility index (Phi) is 19.3. The summed E-state index contributed by atoms with van der Waals surface area (Å²) in [5.41, 5.74) is 0. The maximum absolute atomic E-state index is 13.2. The lowest BCUT2D eigenvalue weighted by Gasteiger charge is -2.14. The first-order valence-corrected chi connectivity index (χ1v) is 15.0. The number of unbranched alkanes of at least 4 members (excludes halogenated alkanes) is 12. The molecule has 0 N–H and O–H groups in total. The minimum atomic E-state index is -0.392. The van der Waals surface area contributed by atoms with E-state index < -0.39 is 5.92 Å². The molecule has 0 aromatic carbocycles. The third-order valence-corrected chi connectivity index (χ3v) is 7.27. The number of esters is 2. The van der Waals surface area contributed by atoms with Crippen LogP contribution in [0.1, 0.15) is 136 Å². The topological polar surface area (TPSA) is 69.7 Å². The Balaban J connectivity index is 2.49. The second-order valence-electron chi connectivity index (χ2n) is 10.6. The normalized spacial score (nSPS) is 19.8. The fourth-order valence-corrected chi connectivity index (χ4v) is 5.00. The van der Waals surface area contributed by atoms with Gasteiger partial charge in [-0.25, -0.2) is 0 Å². The van der Waals surface area contributed by atoms with Gasteiger partial charge in [0.2, 0.25) is 0 Å². The molecule has 0 bridgehead atoms. The second-order valence-corrected chi connectivity index (χ2v) is 10.6. The molecule has 3 unspecified atom stereocenters. The van der Waals surface area contributed by atoms with Crippen molar-refractivity contribution in [3.8, 4) is 0 Å². The summed E-state index contributed by atoms with van der Waals surface area (Å²) in [4.78, 5) is 38.1. The molecule has 1 aliphatic rings. The molecule has 36 heavy (non-hydrogen) atoms. The Bertz CT molecular complexity index is 626. The number of Topliss-reactive ketones (excluding diaryl/α,β-unsaturated/α-hetero) is 1. The van der Waals surface area contributed by atoms with E-state index in [2.05, 4.69) is 32.9 Å². The van der Waals surface area contributed by atoms with E-state index in [1.165, 1.54) is 51.4 Å². The van der Waals surface area contributed by atoms with E-state index >= 15 is 0 Å². The van der Waals surface area contributed by atoms with E-state index in [0.717, 1.165) is 44.9 Å². The maximum Gasteiger partial charge on any atom is 0.306 e. The summed E-state index contributed by atoms with van der Waals surface area (Å²) >= 11 is 0. The molecule has 0 aromatic heterocycles. The molecule has 3 atom stereocenters. The van der Waals surface area contributed by atoms with Crippen molar-refractivity contribution in [1.29, 1.82) is 0 Å². The van der Waals surface area contributed by atoms with Gasteiger partial charge in [0.1, 0.15) is 5.78 Å². The summed E-state index contributed by atoms with van der Waals surface area (Å²) in [5, 5.41) is 0. The van der Waals surface area contributed by atoms with E-state index in [-0.39, 0.29) is 42.4 Å². The van der Waals surface area contributed by atoms with Crippen LogP contribution in [0.5, 0.6) is 0 Å². The van der Waals surface area contributed by atoms with Crippen molar-refractivity contribution >= 4 is 17.7 Å². The Labute approximate surface area is 221 Å². The number of hydrogen-bond acceptors (Lipinski definition) is 5. The number of ether oxygens (including phenoxy) is 2. The van der Waals surface area contributed by atoms with Crippen LogP contribution >= 0.6 is 0 Å². The van der Waals surface area contributed by atoms with Gasteiger partial charge in [-0.05, 0) is 31.6 Å². The molecule has 1 saturated carbocycles. The van der Waals surface area contributed by atoms with Gasteiger partial charge in [-0.2, -0.15) is 0 Å². The fraction of sp³-hybridized carbons (Fsp3) is 0.839. The Morgan fingerprint density at radius 3 is 1.78 bits per heavy atom. The van der Waals surface area contributed by atoms with Crippen LogP contribution in [0.15, 0.2) is 12.2 Å². The summed E-state index contributed by atoms with van der Waals surface area (Å²) in [6, 6.07) is 0. The molecule has 5 heteroatoms. The monoisotopic (exact) mass is 506 g/mol. The first-order valence-electron chi connectivity index (χ1n) is 15.0. The molecule has 0 heterocycles. The van der Waals surface area contributed by atoms with Gasteiger partial charge in [0, 0.05) is 11.8 Å². The molecular formula is C31H54O5. The van der Waals surface area contributed by atoms with Crippen molar-refractivity contribution in [2.75, 3.05) is 13.2 Å². The Morgan fingerprint density at radius 1 is 0.722 bits per heavy atom. The largest absolute Gasteiger partial charge is 0.466 e. The zero-order chi connectivity index (χ0) is 26.4. The first-order chi connectivity index (χ1) is 17.5. The Hall–Kier alpha value is -1.65. The summed E-state index contributed by atoms with van der Waals surface area (Å²) in [6.45, 7) is 7.41. The Morgan fingerprint density at radius 2 is 1.22 bits per heavy atom. The molecule has 0 aliphatic heterocycles. The van der Waals surface area contributed by atoms with Crippen molar-refractivity contribution in [3.63, 3.8) is 0 Å². The van der Waals surface area contributed by atoms with E-state index in [1.54, 1.807) is 0 Å². The molecular weight excluding hydrogens is 452 g/mol. The van der Waals surface area contributed by atoms with Crippen LogP contribution in [0, 0.1) is 17.8 Å². The molecule has 0 spiro atoms. The lowest BCUT2D eigenvalue weighted by molar-refractivity contribution is -0.147. The van der Waals surface area contributed by atoms with Crippen molar-refractivity contribution in [2.24, 2.45) is 17.8 Å². The predicted molar refractivity (Wildman–Crippen MR) is 147 cm³/mol.